The highest BCUT2D eigenvalue weighted by Crippen LogP contribution is 2.18. The Kier molecular flexibility index (Phi) is 5.51. The Balaban J connectivity index is 1.49. The summed E-state index contributed by atoms with van der Waals surface area (Å²) >= 11 is 0. The Morgan fingerprint density at radius 1 is 1.12 bits per heavy atom. The molecule has 2 N–H and O–H groups in total. The summed E-state index contributed by atoms with van der Waals surface area (Å²) in [6.45, 7) is 2.99. The Bertz CT molecular complexity index is 549. The molecule has 0 radical (unpaired) electrons. The number of amides is 3. The van der Waals surface area contributed by atoms with Gasteiger partial charge in [0.1, 0.15) is 5.82 Å². The molecule has 2 fully saturated rings. The average molecular weight is 331 g/mol. The quantitative estimate of drug-likeness (QED) is 0.825. The first-order valence-electron chi connectivity index (χ1n) is 8.72. The Labute approximate surface area is 142 Å². The van der Waals surface area contributed by atoms with Crippen LogP contribution in [0, 0.1) is 0 Å². The average Bonchev–Trinajstić information content (AvgIpc) is 2.63. The summed E-state index contributed by atoms with van der Waals surface area (Å²) in [6, 6.07) is 3.91. The molecule has 130 valence electrons. The molecule has 2 aliphatic rings. The van der Waals surface area contributed by atoms with Gasteiger partial charge in [-0.3, -0.25) is 4.79 Å². The van der Waals surface area contributed by atoms with Gasteiger partial charge >= 0.3 is 6.03 Å². The van der Waals surface area contributed by atoms with Gasteiger partial charge in [-0.05, 0) is 25.0 Å². The standard InChI is InChI=1S/C17H25N5O2/c23-13-21-8-10-22(11-9-21)16-7-6-15(12-18-16)20-17(24)19-14-4-2-1-3-5-14/h6-7,12-14H,1-5,8-11H2,(H2,19,20,24). The van der Waals surface area contributed by atoms with Gasteiger partial charge in [-0.25, -0.2) is 9.78 Å². The highest BCUT2D eigenvalue weighted by Gasteiger charge is 2.17. The van der Waals surface area contributed by atoms with Gasteiger partial charge in [0.25, 0.3) is 0 Å². The van der Waals surface area contributed by atoms with Gasteiger partial charge in [0.2, 0.25) is 6.41 Å². The van der Waals surface area contributed by atoms with Gasteiger partial charge in [-0.2, -0.15) is 0 Å². The van der Waals surface area contributed by atoms with Crippen molar-refractivity contribution in [2.45, 2.75) is 38.1 Å². The monoisotopic (exact) mass is 331 g/mol. The minimum Gasteiger partial charge on any atom is -0.353 e. The minimum absolute atomic E-state index is 0.156. The van der Waals surface area contributed by atoms with Crippen molar-refractivity contribution in [2.75, 3.05) is 36.4 Å². The summed E-state index contributed by atoms with van der Waals surface area (Å²) in [5, 5.41) is 5.88. The van der Waals surface area contributed by atoms with Crippen LogP contribution in [0.5, 0.6) is 0 Å². The molecule has 0 bridgehead atoms. The van der Waals surface area contributed by atoms with Crippen molar-refractivity contribution in [3.05, 3.63) is 18.3 Å². The number of hydrogen-bond donors (Lipinski definition) is 2. The molecule has 1 saturated heterocycles. The second-order valence-corrected chi connectivity index (χ2v) is 6.47. The number of piperazine rings is 1. The van der Waals surface area contributed by atoms with Crippen LogP contribution in [0.1, 0.15) is 32.1 Å². The number of anilines is 2. The SMILES string of the molecule is O=CN1CCN(c2ccc(NC(=O)NC3CCCCC3)cn2)CC1. The summed E-state index contributed by atoms with van der Waals surface area (Å²) in [6.07, 6.45) is 8.36. The van der Waals surface area contributed by atoms with Crippen molar-refractivity contribution in [3.63, 3.8) is 0 Å². The van der Waals surface area contributed by atoms with Crippen molar-refractivity contribution in [3.8, 4) is 0 Å². The van der Waals surface area contributed by atoms with Crippen LogP contribution >= 0.6 is 0 Å². The molecule has 0 aromatic carbocycles. The van der Waals surface area contributed by atoms with E-state index in [0.29, 0.717) is 11.7 Å². The van der Waals surface area contributed by atoms with Gasteiger partial charge in [0, 0.05) is 32.2 Å². The van der Waals surface area contributed by atoms with Gasteiger partial charge < -0.3 is 20.4 Å². The van der Waals surface area contributed by atoms with Crippen molar-refractivity contribution in [1.82, 2.24) is 15.2 Å². The lowest BCUT2D eigenvalue weighted by molar-refractivity contribution is -0.118. The molecule has 0 unspecified atom stereocenters. The van der Waals surface area contributed by atoms with Crippen LogP contribution in [0.2, 0.25) is 0 Å². The maximum Gasteiger partial charge on any atom is 0.319 e. The number of carbonyl (C=O) groups is 2. The number of pyridine rings is 1. The fourth-order valence-corrected chi connectivity index (χ4v) is 3.30. The van der Waals surface area contributed by atoms with Gasteiger partial charge in [0.15, 0.2) is 0 Å². The Morgan fingerprint density at radius 2 is 1.88 bits per heavy atom. The van der Waals surface area contributed by atoms with Crippen LogP contribution in [0.25, 0.3) is 0 Å². The van der Waals surface area contributed by atoms with E-state index in [4.69, 9.17) is 0 Å². The molecule has 7 heteroatoms. The van der Waals surface area contributed by atoms with Crippen LogP contribution in [0.4, 0.5) is 16.3 Å². The summed E-state index contributed by atoms with van der Waals surface area (Å²) < 4.78 is 0. The molecule has 1 aromatic rings. The minimum atomic E-state index is -0.156. The first-order valence-corrected chi connectivity index (χ1v) is 8.72. The fraction of sp³-hybridized carbons (Fsp3) is 0.588. The van der Waals surface area contributed by atoms with Gasteiger partial charge in [-0.15, -0.1) is 0 Å². The zero-order valence-electron chi connectivity index (χ0n) is 13.9. The molecule has 1 saturated carbocycles. The first-order chi connectivity index (χ1) is 11.7. The van der Waals surface area contributed by atoms with Gasteiger partial charge in [-0.1, -0.05) is 19.3 Å². The van der Waals surface area contributed by atoms with Crippen LogP contribution < -0.4 is 15.5 Å². The van der Waals surface area contributed by atoms with E-state index in [0.717, 1.165) is 51.2 Å². The van der Waals surface area contributed by atoms with E-state index < -0.39 is 0 Å². The Hall–Kier alpha value is -2.31. The van der Waals surface area contributed by atoms with E-state index in [9.17, 15) is 9.59 Å². The maximum atomic E-state index is 12.0. The predicted octanol–water partition coefficient (Wildman–Crippen LogP) is 1.81. The topological polar surface area (TPSA) is 77.6 Å². The van der Waals surface area contributed by atoms with Gasteiger partial charge in [0.05, 0.1) is 11.9 Å². The lowest BCUT2D eigenvalue weighted by Gasteiger charge is -2.33. The number of carbonyl (C=O) groups excluding carboxylic acids is 2. The highest BCUT2D eigenvalue weighted by molar-refractivity contribution is 5.89. The number of rotatable bonds is 4. The normalized spacial score (nSPS) is 19.0. The van der Waals surface area contributed by atoms with Crippen molar-refractivity contribution in [2.24, 2.45) is 0 Å². The largest absolute Gasteiger partial charge is 0.353 e. The number of nitrogens with one attached hydrogen (secondary N) is 2. The summed E-state index contributed by atoms with van der Waals surface area (Å²) in [4.78, 5) is 31.1. The molecule has 0 spiro atoms. The van der Waals surface area contributed by atoms with Crippen LogP contribution in [-0.4, -0.2) is 54.5 Å². The lowest BCUT2D eigenvalue weighted by atomic mass is 9.96. The molecule has 2 heterocycles. The van der Waals surface area contributed by atoms with E-state index in [-0.39, 0.29) is 6.03 Å². The van der Waals surface area contributed by atoms with E-state index in [1.54, 1.807) is 11.1 Å². The maximum absolute atomic E-state index is 12.0. The zero-order chi connectivity index (χ0) is 16.8. The lowest BCUT2D eigenvalue weighted by Crippen LogP contribution is -2.46. The molecule has 3 rings (SSSR count). The molecule has 1 aromatic heterocycles. The molecular formula is C17H25N5O2. The van der Waals surface area contributed by atoms with E-state index >= 15 is 0 Å². The zero-order valence-corrected chi connectivity index (χ0v) is 13.9. The summed E-state index contributed by atoms with van der Waals surface area (Å²) in [7, 11) is 0. The third-order valence-electron chi connectivity index (χ3n) is 4.73. The molecule has 3 amide bonds. The Morgan fingerprint density at radius 3 is 2.50 bits per heavy atom. The predicted molar refractivity (Wildman–Crippen MR) is 93.1 cm³/mol. The molecule has 7 nitrogen and oxygen atoms in total. The summed E-state index contributed by atoms with van der Waals surface area (Å²) in [5.74, 6) is 0.874. The highest BCUT2D eigenvalue weighted by atomic mass is 16.2. The number of urea groups is 1. The summed E-state index contributed by atoms with van der Waals surface area (Å²) in [5.41, 5.74) is 0.693. The molecule has 24 heavy (non-hydrogen) atoms. The number of nitrogens with zero attached hydrogens (tertiary/aromatic N) is 3. The fourth-order valence-electron chi connectivity index (χ4n) is 3.30. The molecular weight excluding hydrogens is 306 g/mol. The number of hydrogen-bond acceptors (Lipinski definition) is 4. The second-order valence-electron chi connectivity index (χ2n) is 6.47. The van der Waals surface area contributed by atoms with E-state index in [1.165, 1.54) is 19.3 Å². The van der Waals surface area contributed by atoms with Crippen molar-refractivity contribution in [1.29, 1.82) is 0 Å². The second kappa shape index (κ2) is 7.99. The third kappa shape index (κ3) is 4.37. The van der Waals surface area contributed by atoms with Crippen LogP contribution in [0.3, 0.4) is 0 Å². The third-order valence-corrected chi connectivity index (χ3v) is 4.73. The van der Waals surface area contributed by atoms with E-state index in [1.807, 2.05) is 12.1 Å². The smallest absolute Gasteiger partial charge is 0.319 e. The van der Waals surface area contributed by atoms with Crippen LogP contribution in [-0.2, 0) is 4.79 Å². The van der Waals surface area contributed by atoms with Crippen LogP contribution in [0.15, 0.2) is 18.3 Å². The first kappa shape index (κ1) is 16.5. The number of aromatic nitrogens is 1. The van der Waals surface area contributed by atoms with E-state index in [2.05, 4.69) is 20.5 Å². The molecule has 1 aliphatic heterocycles. The molecule has 1 aliphatic carbocycles. The molecule has 0 atom stereocenters. The van der Waals surface area contributed by atoms with Crippen molar-refractivity contribution >= 4 is 23.9 Å². The van der Waals surface area contributed by atoms with Crippen molar-refractivity contribution < 1.29 is 9.59 Å².